The molecule has 0 rings (SSSR count). The quantitative estimate of drug-likeness (QED) is 0.0196. The number of hydrogen-bond acceptors (Lipinski definition) is 10. The third-order valence-corrected chi connectivity index (χ3v) is 10.5. The molecule has 0 aliphatic heterocycles. The van der Waals surface area contributed by atoms with Gasteiger partial charge in [0.05, 0.1) is 66.1 Å². The number of azide groups is 2. The summed E-state index contributed by atoms with van der Waals surface area (Å²) in [5.74, 6) is 2.62. The largest absolute Gasteiger partial charge is 0.379 e. The molecule has 0 spiro atoms. The predicted molar refractivity (Wildman–Crippen MR) is 210 cm³/mol. The molecule has 0 aliphatic rings. The SMILES string of the molecule is [N-]=[N+]=NCCOCCOCCOCCCCCCCCCCCCSSCCCCCCCCCCCCOCCOCCOCCN=[N+]=[N-]. The summed E-state index contributed by atoms with van der Waals surface area (Å²) in [5.41, 5.74) is 16.3. The average Bonchev–Trinajstić information content (AvgIpc) is 3.13. The van der Waals surface area contributed by atoms with Crippen LogP contribution in [0.25, 0.3) is 20.9 Å². The zero-order chi connectivity index (χ0) is 35.9. The van der Waals surface area contributed by atoms with Crippen LogP contribution in [0.1, 0.15) is 128 Å². The third-order valence-electron chi connectivity index (χ3n) is 7.90. The molecular formula is C36H72N6O6S2. The Hall–Kier alpha value is -0.920. The molecule has 0 N–H and O–H groups in total. The van der Waals surface area contributed by atoms with Crippen molar-refractivity contribution in [2.75, 3.05) is 104 Å². The van der Waals surface area contributed by atoms with E-state index in [2.05, 4.69) is 41.6 Å². The summed E-state index contributed by atoms with van der Waals surface area (Å²) in [6.45, 7) is 7.85. The van der Waals surface area contributed by atoms with E-state index >= 15 is 0 Å². The zero-order valence-electron chi connectivity index (χ0n) is 31.4. The van der Waals surface area contributed by atoms with Crippen LogP contribution in [0.2, 0.25) is 0 Å². The second-order valence-electron chi connectivity index (χ2n) is 12.3. The van der Waals surface area contributed by atoms with Crippen LogP contribution < -0.4 is 0 Å². The summed E-state index contributed by atoms with van der Waals surface area (Å²) in [5, 5.41) is 6.82. The van der Waals surface area contributed by atoms with E-state index in [1.54, 1.807) is 0 Å². The van der Waals surface area contributed by atoms with E-state index in [0.29, 0.717) is 79.2 Å². The molecule has 0 aromatic carbocycles. The fraction of sp³-hybridized carbons (Fsp3) is 1.00. The monoisotopic (exact) mass is 748 g/mol. The van der Waals surface area contributed by atoms with E-state index in [1.165, 1.54) is 127 Å². The summed E-state index contributed by atoms with van der Waals surface area (Å²) in [6, 6.07) is 0. The van der Waals surface area contributed by atoms with Gasteiger partial charge in [-0.1, -0.05) is 135 Å². The average molecular weight is 749 g/mol. The minimum Gasteiger partial charge on any atom is -0.379 e. The van der Waals surface area contributed by atoms with E-state index in [-0.39, 0.29) is 0 Å². The first-order valence-corrected chi connectivity index (χ1v) is 22.1. The van der Waals surface area contributed by atoms with E-state index in [9.17, 15) is 0 Å². The van der Waals surface area contributed by atoms with Crippen molar-refractivity contribution in [3.63, 3.8) is 0 Å². The van der Waals surface area contributed by atoms with Crippen molar-refractivity contribution in [1.82, 2.24) is 0 Å². The number of nitrogens with zero attached hydrogens (tertiary/aromatic N) is 6. The maximum Gasteiger partial charge on any atom is 0.0701 e. The van der Waals surface area contributed by atoms with Crippen LogP contribution in [0.3, 0.4) is 0 Å². The molecule has 0 radical (unpaired) electrons. The molecule has 0 amide bonds. The zero-order valence-corrected chi connectivity index (χ0v) is 33.0. The van der Waals surface area contributed by atoms with Gasteiger partial charge in [0, 0.05) is 47.6 Å². The smallest absolute Gasteiger partial charge is 0.0701 e. The van der Waals surface area contributed by atoms with Crippen molar-refractivity contribution in [2.24, 2.45) is 10.2 Å². The normalized spacial score (nSPS) is 11.1. The van der Waals surface area contributed by atoms with Gasteiger partial charge in [-0.3, -0.25) is 0 Å². The van der Waals surface area contributed by atoms with Crippen LogP contribution in [0, 0.1) is 0 Å². The fourth-order valence-corrected chi connectivity index (χ4v) is 7.35. The summed E-state index contributed by atoms with van der Waals surface area (Å²) >= 11 is 0. The van der Waals surface area contributed by atoms with Crippen LogP contribution in [0.4, 0.5) is 0 Å². The molecule has 0 saturated heterocycles. The van der Waals surface area contributed by atoms with Crippen molar-refractivity contribution in [1.29, 1.82) is 0 Å². The molecule has 50 heavy (non-hydrogen) atoms. The Morgan fingerprint density at radius 2 is 0.540 bits per heavy atom. The molecular weight excluding hydrogens is 677 g/mol. The second-order valence-corrected chi connectivity index (χ2v) is 15.0. The van der Waals surface area contributed by atoms with Gasteiger partial charge in [-0.25, -0.2) is 0 Å². The number of rotatable bonds is 45. The van der Waals surface area contributed by atoms with E-state index in [4.69, 9.17) is 39.5 Å². The van der Waals surface area contributed by atoms with Gasteiger partial charge in [0.2, 0.25) is 0 Å². The lowest BCUT2D eigenvalue weighted by Crippen LogP contribution is -2.10. The minimum absolute atomic E-state index is 0.366. The van der Waals surface area contributed by atoms with Gasteiger partial charge < -0.3 is 28.4 Å². The van der Waals surface area contributed by atoms with Gasteiger partial charge in [0.15, 0.2) is 0 Å². The van der Waals surface area contributed by atoms with Crippen LogP contribution >= 0.6 is 21.6 Å². The Labute approximate surface area is 312 Å². The Bertz CT molecular complexity index is 692. The lowest BCUT2D eigenvalue weighted by molar-refractivity contribution is 0.0153. The fourth-order valence-electron chi connectivity index (χ4n) is 5.06. The predicted octanol–water partition coefficient (Wildman–Crippen LogP) is 10.9. The maximum absolute atomic E-state index is 8.17. The van der Waals surface area contributed by atoms with Gasteiger partial charge in [-0.05, 0) is 36.7 Å². The molecule has 0 unspecified atom stereocenters. The van der Waals surface area contributed by atoms with Crippen LogP contribution in [0.15, 0.2) is 10.2 Å². The topological polar surface area (TPSA) is 153 Å². The Kier molecular flexibility index (Phi) is 47.2. The lowest BCUT2D eigenvalue weighted by atomic mass is 10.1. The Balaban J connectivity index is 3.05. The summed E-state index contributed by atoms with van der Waals surface area (Å²) < 4.78 is 32.7. The molecule has 294 valence electrons. The molecule has 0 saturated carbocycles. The van der Waals surface area contributed by atoms with Gasteiger partial charge >= 0.3 is 0 Å². The third kappa shape index (κ3) is 47.1. The van der Waals surface area contributed by atoms with Crippen LogP contribution in [0.5, 0.6) is 0 Å². The molecule has 14 heteroatoms. The summed E-state index contributed by atoms with van der Waals surface area (Å²) in [7, 11) is 4.18. The van der Waals surface area contributed by atoms with Crippen molar-refractivity contribution in [3.05, 3.63) is 20.9 Å². The van der Waals surface area contributed by atoms with E-state index in [1.807, 2.05) is 0 Å². The molecule has 0 aromatic heterocycles. The Morgan fingerprint density at radius 3 is 0.840 bits per heavy atom. The van der Waals surface area contributed by atoms with Gasteiger partial charge in [-0.2, -0.15) is 0 Å². The lowest BCUT2D eigenvalue weighted by Gasteiger charge is -2.06. The molecule has 0 atom stereocenters. The first kappa shape index (κ1) is 49.1. The molecule has 0 heterocycles. The van der Waals surface area contributed by atoms with Crippen molar-refractivity contribution >= 4 is 21.6 Å². The highest BCUT2D eigenvalue weighted by Crippen LogP contribution is 2.25. The van der Waals surface area contributed by atoms with Crippen LogP contribution in [-0.2, 0) is 28.4 Å². The molecule has 0 bridgehead atoms. The highest BCUT2D eigenvalue weighted by atomic mass is 33.1. The van der Waals surface area contributed by atoms with Gasteiger partial charge in [-0.15, -0.1) is 0 Å². The molecule has 0 fully saturated rings. The summed E-state index contributed by atoms with van der Waals surface area (Å²) in [4.78, 5) is 5.35. The maximum atomic E-state index is 8.17. The molecule has 0 aliphatic carbocycles. The molecule has 0 aromatic rings. The molecule has 12 nitrogen and oxygen atoms in total. The second kappa shape index (κ2) is 48.1. The number of ether oxygens (including phenoxy) is 6. The number of hydrogen-bond donors (Lipinski definition) is 0. The Morgan fingerprint density at radius 1 is 0.300 bits per heavy atom. The number of unbranched alkanes of at least 4 members (excludes halogenated alkanes) is 18. The first-order valence-electron chi connectivity index (χ1n) is 19.6. The first-order chi connectivity index (χ1) is 24.9. The van der Waals surface area contributed by atoms with Crippen LogP contribution in [-0.4, -0.2) is 104 Å². The minimum atomic E-state index is 0.366. The highest BCUT2D eigenvalue weighted by molar-refractivity contribution is 8.76. The van der Waals surface area contributed by atoms with E-state index < -0.39 is 0 Å². The van der Waals surface area contributed by atoms with Gasteiger partial charge in [0.1, 0.15) is 0 Å². The van der Waals surface area contributed by atoms with E-state index in [0.717, 1.165) is 26.1 Å². The van der Waals surface area contributed by atoms with Crippen molar-refractivity contribution in [3.8, 4) is 0 Å². The summed E-state index contributed by atoms with van der Waals surface area (Å²) in [6.07, 6.45) is 26.8. The van der Waals surface area contributed by atoms with Crippen molar-refractivity contribution < 1.29 is 28.4 Å². The highest BCUT2D eigenvalue weighted by Gasteiger charge is 1.98. The van der Waals surface area contributed by atoms with Gasteiger partial charge in [0.25, 0.3) is 0 Å². The standard InChI is InChI=1S/C36H72N6O6S2/c37-41-39-21-25-45-29-33-47-31-27-43-23-17-13-9-5-1-3-7-11-15-19-35-49-50-36-20-16-12-8-4-2-6-10-14-18-24-44-28-32-48-34-30-46-26-22-40-42-38/h1-36H2. The van der Waals surface area contributed by atoms with Crippen molar-refractivity contribution in [2.45, 2.75) is 128 Å².